The Kier molecular flexibility index (Phi) is 7.97. The van der Waals surface area contributed by atoms with Gasteiger partial charge in [0.15, 0.2) is 23.0 Å². The van der Waals surface area contributed by atoms with Gasteiger partial charge >= 0.3 is 0 Å². The average Bonchev–Trinajstić information content (AvgIpc) is 2.76. The van der Waals surface area contributed by atoms with E-state index in [1.54, 1.807) is 47.8 Å². The van der Waals surface area contributed by atoms with Gasteiger partial charge in [-0.05, 0) is 29.8 Å². The lowest BCUT2D eigenvalue weighted by Gasteiger charge is -2.14. The molecule has 0 fully saturated rings. The Morgan fingerprint density at radius 2 is 1.31 bits per heavy atom. The minimum Gasteiger partial charge on any atom is -0.493 e. The van der Waals surface area contributed by atoms with E-state index in [0.717, 1.165) is 16.8 Å². The number of carbonyl (C=O) groups excluding carboxylic acids is 1. The lowest BCUT2D eigenvalue weighted by atomic mass is 10.1. The zero-order chi connectivity index (χ0) is 21.2. The number of benzene rings is 2. The Morgan fingerprint density at radius 1 is 0.724 bits per heavy atom. The van der Waals surface area contributed by atoms with Crippen LogP contribution in [0.2, 0.25) is 0 Å². The number of methoxy groups -OCH3 is 5. The predicted octanol–water partition coefficient (Wildman–Crippen LogP) is 4.02. The summed E-state index contributed by atoms with van der Waals surface area (Å²) in [5.74, 6) is 2.80. The van der Waals surface area contributed by atoms with E-state index in [-0.39, 0.29) is 0 Å². The first-order valence-corrected chi connectivity index (χ1v) is 8.72. The van der Waals surface area contributed by atoms with Crippen molar-refractivity contribution in [1.29, 1.82) is 0 Å². The summed E-state index contributed by atoms with van der Waals surface area (Å²) in [5.41, 5.74) is 2.42. The number of allylic oxidation sites excluding steroid dienone is 1. The first-order chi connectivity index (χ1) is 14.1. The predicted molar refractivity (Wildman–Crippen MR) is 113 cm³/mol. The Morgan fingerprint density at radius 3 is 1.83 bits per heavy atom. The number of hydrogen-bond donors (Lipinski definition) is 1. The average molecular weight is 399 g/mol. The normalized spacial score (nSPS) is 10.8. The van der Waals surface area contributed by atoms with E-state index in [2.05, 4.69) is 5.32 Å². The maximum Gasteiger partial charge on any atom is 0.203 e. The summed E-state index contributed by atoms with van der Waals surface area (Å²) < 4.78 is 26.9. The van der Waals surface area contributed by atoms with Crippen molar-refractivity contribution in [1.82, 2.24) is 0 Å². The number of carbonyl (C=O) groups is 1. The number of ether oxygens (including phenoxy) is 5. The Hall–Kier alpha value is -3.61. The third-order valence-electron chi connectivity index (χ3n) is 4.11. The summed E-state index contributed by atoms with van der Waals surface area (Å²) >= 11 is 0. The molecule has 0 unspecified atom stereocenters. The van der Waals surface area contributed by atoms with Gasteiger partial charge in [0.05, 0.1) is 35.5 Å². The van der Waals surface area contributed by atoms with Crippen molar-refractivity contribution < 1.29 is 28.5 Å². The fourth-order valence-electron chi connectivity index (χ4n) is 2.72. The third-order valence-corrected chi connectivity index (χ3v) is 4.11. The lowest BCUT2D eigenvalue weighted by molar-refractivity contribution is -0.104. The molecular weight excluding hydrogens is 374 g/mol. The van der Waals surface area contributed by atoms with Crippen LogP contribution in [-0.2, 0) is 4.79 Å². The highest BCUT2D eigenvalue weighted by molar-refractivity contribution is 5.81. The first kappa shape index (κ1) is 21.7. The van der Waals surface area contributed by atoms with Crippen molar-refractivity contribution in [3.63, 3.8) is 0 Å². The summed E-state index contributed by atoms with van der Waals surface area (Å²) in [4.78, 5) is 10.6. The molecule has 0 radical (unpaired) electrons. The van der Waals surface area contributed by atoms with E-state index in [1.807, 2.05) is 30.4 Å². The molecule has 0 aliphatic heterocycles. The lowest BCUT2D eigenvalue weighted by Crippen LogP contribution is -1.97. The summed E-state index contributed by atoms with van der Waals surface area (Å²) in [5, 5.41) is 3.07. The molecule has 7 heteroatoms. The summed E-state index contributed by atoms with van der Waals surface area (Å²) in [6.07, 6.45) is 7.41. The Labute approximate surface area is 170 Å². The van der Waals surface area contributed by atoms with Crippen LogP contribution in [0.4, 0.5) is 5.69 Å². The van der Waals surface area contributed by atoms with E-state index >= 15 is 0 Å². The van der Waals surface area contributed by atoms with E-state index in [9.17, 15) is 4.79 Å². The molecule has 0 spiro atoms. The zero-order valence-corrected chi connectivity index (χ0v) is 17.1. The zero-order valence-electron chi connectivity index (χ0n) is 17.1. The van der Waals surface area contributed by atoms with Gasteiger partial charge in [0, 0.05) is 23.5 Å². The van der Waals surface area contributed by atoms with Gasteiger partial charge in [-0.2, -0.15) is 0 Å². The maximum atomic E-state index is 10.6. The fraction of sp³-hybridized carbons (Fsp3) is 0.227. The van der Waals surface area contributed by atoms with Crippen molar-refractivity contribution in [2.75, 3.05) is 40.9 Å². The fourth-order valence-corrected chi connectivity index (χ4v) is 2.72. The van der Waals surface area contributed by atoms with E-state index in [4.69, 9.17) is 23.7 Å². The van der Waals surface area contributed by atoms with Crippen molar-refractivity contribution >= 4 is 24.1 Å². The smallest absolute Gasteiger partial charge is 0.203 e. The van der Waals surface area contributed by atoms with Gasteiger partial charge in [-0.25, -0.2) is 0 Å². The maximum absolute atomic E-state index is 10.6. The highest BCUT2D eigenvalue weighted by Crippen LogP contribution is 2.39. The highest BCUT2D eigenvalue weighted by atomic mass is 16.5. The molecule has 0 aliphatic carbocycles. The van der Waals surface area contributed by atoms with Gasteiger partial charge in [-0.15, -0.1) is 0 Å². The number of nitrogens with one attached hydrogen (secondary N) is 1. The molecule has 2 rings (SSSR count). The molecule has 1 N–H and O–H groups in total. The molecule has 29 heavy (non-hydrogen) atoms. The molecule has 0 saturated heterocycles. The van der Waals surface area contributed by atoms with Crippen molar-refractivity contribution in [3.8, 4) is 28.7 Å². The van der Waals surface area contributed by atoms with Crippen molar-refractivity contribution in [2.24, 2.45) is 0 Å². The second-order valence-electron chi connectivity index (χ2n) is 5.73. The first-order valence-electron chi connectivity index (χ1n) is 8.72. The van der Waals surface area contributed by atoms with Crippen molar-refractivity contribution in [2.45, 2.75) is 0 Å². The molecule has 0 bridgehead atoms. The molecule has 0 aromatic heterocycles. The van der Waals surface area contributed by atoms with Gasteiger partial charge in [0.1, 0.15) is 6.29 Å². The second-order valence-corrected chi connectivity index (χ2v) is 5.73. The molecule has 154 valence electrons. The van der Waals surface area contributed by atoms with Crippen molar-refractivity contribution in [3.05, 3.63) is 47.7 Å². The van der Waals surface area contributed by atoms with Crippen LogP contribution in [0.15, 0.2) is 36.5 Å². The van der Waals surface area contributed by atoms with Crippen LogP contribution in [0.1, 0.15) is 11.1 Å². The third kappa shape index (κ3) is 5.22. The topological polar surface area (TPSA) is 75.3 Å². The number of hydrogen-bond acceptors (Lipinski definition) is 7. The number of rotatable bonds is 10. The van der Waals surface area contributed by atoms with Gasteiger partial charge in [0.25, 0.3) is 0 Å². The van der Waals surface area contributed by atoms with E-state index < -0.39 is 0 Å². The standard InChI is InChI=1S/C22H25NO6/c1-25-18-13-16(17(14-19(18)26-2)23-9-6-10-24)8-7-15-11-20(27-3)22(29-5)21(12-15)28-4/h6-14,23H,1-5H3/b8-7-,9-6-. The van der Waals surface area contributed by atoms with Crippen LogP contribution in [-0.4, -0.2) is 41.8 Å². The molecule has 0 saturated carbocycles. The van der Waals surface area contributed by atoms with Crippen LogP contribution >= 0.6 is 0 Å². The minimum atomic E-state index is 0.527. The molecule has 0 amide bonds. The molecule has 0 atom stereocenters. The monoisotopic (exact) mass is 399 g/mol. The minimum absolute atomic E-state index is 0.527. The van der Waals surface area contributed by atoms with Gasteiger partial charge in [0.2, 0.25) is 5.75 Å². The molecular formula is C22H25NO6. The van der Waals surface area contributed by atoms with E-state index in [1.165, 1.54) is 6.08 Å². The van der Waals surface area contributed by atoms with Gasteiger partial charge in [-0.3, -0.25) is 4.79 Å². The Balaban J connectivity index is 2.49. The van der Waals surface area contributed by atoms with Crippen LogP contribution in [0.5, 0.6) is 28.7 Å². The quantitative estimate of drug-likeness (QED) is 0.367. The van der Waals surface area contributed by atoms with Crippen LogP contribution in [0.3, 0.4) is 0 Å². The summed E-state index contributed by atoms with van der Waals surface area (Å²) in [6, 6.07) is 7.32. The molecule has 2 aromatic rings. The number of anilines is 1. The SMILES string of the molecule is COc1cc(/C=C\c2cc(OC)c(OC)c(OC)c2)c(N/C=C\C=O)cc1OC. The largest absolute Gasteiger partial charge is 0.493 e. The highest BCUT2D eigenvalue weighted by Gasteiger charge is 2.13. The molecule has 0 heterocycles. The van der Waals surface area contributed by atoms with Gasteiger partial charge in [-0.1, -0.05) is 12.2 Å². The molecule has 2 aromatic carbocycles. The summed E-state index contributed by atoms with van der Waals surface area (Å²) in [7, 11) is 7.84. The van der Waals surface area contributed by atoms with Crippen LogP contribution in [0.25, 0.3) is 12.2 Å². The Bertz CT molecular complexity index is 879. The molecule has 0 aliphatic rings. The van der Waals surface area contributed by atoms with Gasteiger partial charge < -0.3 is 29.0 Å². The van der Waals surface area contributed by atoms with E-state index in [0.29, 0.717) is 35.0 Å². The number of aldehydes is 1. The summed E-state index contributed by atoms with van der Waals surface area (Å²) in [6.45, 7) is 0. The van der Waals surface area contributed by atoms with Crippen LogP contribution in [0, 0.1) is 0 Å². The van der Waals surface area contributed by atoms with Crippen LogP contribution < -0.4 is 29.0 Å². The second kappa shape index (κ2) is 10.7. The molecule has 7 nitrogen and oxygen atoms in total.